The normalized spacial score (nSPS) is 15.9. The van der Waals surface area contributed by atoms with Crippen molar-refractivity contribution in [3.63, 3.8) is 0 Å². The molecule has 1 aromatic carbocycles. The lowest BCUT2D eigenvalue weighted by atomic mass is 10.3. The van der Waals surface area contributed by atoms with Crippen molar-refractivity contribution >= 4 is 39.9 Å². The largest absolute Gasteiger partial charge is 0.358 e. The number of benzene rings is 1. The second kappa shape index (κ2) is 7.17. The molecule has 1 amide bonds. The molecule has 1 aliphatic heterocycles. The van der Waals surface area contributed by atoms with Crippen LogP contribution in [0.4, 0.5) is 14.5 Å². The zero-order valence-corrected chi connectivity index (χ0v) is 13.2. The van der Waals surface area contributed by atoms with Crippen LogP contribution in [0.2, 0.25) is 0 Å². The van der Waals surface area contributed by atoms with Gasteiger partial charge in [-0.25, -0.2) is 8.78 Å². The molecule has 0 bridgehead atoms. The van der Waals surface area contributed by atoms with Crippen molar-refractivity contribution in [2.75, 3.05) is 18.4 Å². The zero-order valence-electron chi connectivity index (χ0n) is 11.6. The number of thiocarbonyl (C=S) groups is 1. The summed E-state index contributed by atoms with van der Waals surface area (Å²) in [6.07, 6.45) is 2.23. The molecule has 0 radical (unpaired) electrons. The van der Waals surface area contributed by atoms with Crippen molar-refractivity contribution < 1.29 is 13.6 Å². The van der Waals surface area contributed by atoms with Crippen LogP contribution in [0.15, 0.2) is 18.2 Å². The van der Waals surface area contributed by atoms with Crippen molar-refractivity contribution in [2.24, 2.45) is 0 Å². The summed E-state index contributed by atoms with van der Waals surface area (Å²) in [5.74, 6) is -1.82. The topological polar surface area (TPSA) is 32.3 Å². The van der Waals surface area contributed by atoms with E-state index in [4.69, 9.17) is 12.2 Å². The Morgan fingerprint density at radius 1 is 1.38 bits per heavy atom. The molecule has 1 unspecified atom stereocenters. The quantitative estimate of drug-likeness (QED) is 0.861. The number of rotatable bonds is 3. The SMILES string of the molecule is CC(SC(=S)N1CCCC1)C(=O)Nc1ccc(F)cc1F. The second-order valence-electron chi connectivity index (χ2n) is 4.83. The Morgan fingerprint density at radius 2 is 2.05 bits per heavy atom. The summed E-state index contributed by atoms with van der Waals surface area (Å²) in [6, 6.07) is 3.05. The maximum atomic E-state index is 13.5. The molecule has 0 saturated carbocycles. The van der Waals surface area contributed by atoms with E-state index in [1.807, 2.05) is 0 Å². The Bertz CT molecular complexity index is 548. The van der Waals surface area contributed by atoms with Crippen LogP contribution in [0.25, 0.3) is 0 Å². The Labute approximate surface area is 132 Å². The van der Waals surface area contributed by atoms with E-state index in [1.54, 1.807) is 6.92 Å². The third-order valence-electron chi connectivity index (χ3n) is 3.20. The van der Waals surface area contributed by atoms with Crippen molar-refractivity contribution in [1.82, 2.24) is 4.90 Å². The first-order valence-corrected chi connectivity index (χ1v) is 7.97. The molecule has 1 aliphatic rings. The minimum absolute atomic E-state index is 0.0269. The number of carbonyl (C=O) groups is 1. The van der Waals surface area contributed by atoms with Gasteiger partial charge in [0.2, 0.25) is 5.91 Å². The minimum Gasteiger partial charge on any atom is -0.358 e. The van der Waals surface area contributed by atoms with Crippen LogP contribution < -0.4 is 5.32 Å². The number of halogens is 2. The summed E-state index contributed by atoms with van der Waals surface area (Å²) in [4.78, 5) is 14.1. The smallest absolute Gasteiger partial charge is 0.237 e. The molecule has 0 spiro atoms. The van der Waals surface area contributed by atoms with Gasteiger partial charge >= 0.3 is 0 Å². The molecule has 2 rings (SSSR count). The highest BCUT2D eigenvalue weighted by Crippen LogP contribution is 2.22. The lowest BCUT2D eigenvalue weighted by Gasteiger charge is -2.20. The first kappa shape index (κ1) is 16.2. The lowest BCUT2D eigenvalue weighted by molar-refractivity contribution is -0.115. The maximum absolute atomic E-state index is 13.5. The van der Waals surface area contributed by atoms with Gasteiger partial charge in [-0.05, 0) is 31.9 Å². The van der Waals surface area contributed by atoms with Gasteiger partial charge < -0.3 is 10.2 Å². The van der Waals surface area contributed by atoms with Crippen LogP contribution in [-0.4, -0.2) is 33.5 Å². The Morgan fingerprint density at radius 3 is 2.67 bits per heavy atom. The highest BCUT2D eigenvalue weighted by atomic mass is 32.2. The lowest BCUT2D eigenvalue weighted by Crippen LogP contribution is -2.29. The Kier molecular flexibility index (Phi) is 5.52. The number of nitrogens with zero attached hydrogens (tertiary/aromatic N) is 1. The van der Waals surface area contributed by atoms with Gasteiger partial charge in [0.1, 0.15) is 16.0 Å². The van der Waals surface area contributed by atoms with Crippen LogP contribution in [-0.2, 0) is 4.79 Å². The van der Waals surface area contributed by atoms with E-state index in [1.165, 1.54) is 17.8 Å². The Hall–Kier alpha value is -1.21. The number of carbonyl (C=O) groups excluding carboxylic acids is 1. The van der Waals surface area contributed by atoms with E-state index in [2.05, 4.69) is 10.2 Å². The molecule has 114 valence electrons. The first-order chi connectivity index (χ1) is 9.97. The standard InChI is InChI=1S/C14H16F2N2OS2/c1-9(21-14(20)18-6-2-3-7-18)13(19)17-12-5-4-10(15)8-11(12)16/h4-5,8-9H,2-3,6-7H2,1H3,(H,17,19). The van der Waals surface area contributed by atoms with Gasteiger partial charge in [-0.15, -0.1) is 0 Å². The number of thioether (sulfide) groups is 1. The summed E-state index contributed by atoms with van der Waals surface area (Å²) in [5.41, 5.74) is -0.0269. The highest BCUT2D eigenvalue weighted by molar-refractivity contribution is 8.23. The minimum atomic E-state index is -0.789. The molecule has 21 heavy (non-hydrogen) atoms. The number of nitrogens with one attached hydrogen (secondary N) is 1. The van der Waals surface area contributed by atoms with Gasteiger partial charge in [-0.3, -0.25) is 4.79 Å². The first-order valence-electron chi connectivity index (χ1n) is 6.69. The molecule has 1 atom stereocenters. The van der Waals surface area contributed by atoms with Gasteiger partial charge in [-0.2, -0.15) is 0 Å². The van der Waals surface area contributed by atoms with E-state index >= 15 is 0 Å². The zero-order chi connectivity index (χ0) is 15.4. The molecule has 1 heterocycles. The fourth-order valence-electron chi connectivity index (χ4n) is 2.00. The van der Waals surface area contributed by atoms with Gasteiger partial charge in [-0.1, -0.05) is 24.0 Å². The predicted octanol–water partition coefficient (Wildman–Crippen LogP) is 3.41. The van der Waals surface area contributed by atoms with Crippen LogP contribution in [0.1, 0.15) is 19.8 Å². The molecule has 7 heteroatoms. The Balaban J connectivity index is 1.91. The average Bonchev–Trinajstić information content (AvgIpc) is 2.95. The van der Waals surface area contributed by atoms with E-state index in [-0.39, 0.29) is 11.6 Å². The van der Waals surface area contributed by atoms with Crippen LogP contribution in [0.3, 0.4) is 0 Å². The maximum Gasteiger partial charge on any atom is 0.237 e. The number of likely N-dealkylation sites (tertiary alicyclic amines) is 1. The third kappa shape index (κ3) is 4.38. The molecule has 0 aliphatic carbocycles. The fourth-order valence-corrected chi connectivity index (χ4v) is 3.42. The summed E-state index contributed by atoms with van der Waals surface area (Å²) in [5, 5.41) is 2.01. The van der Waals surface area contributed by atoms with Crippen molar-refractivity contribution in [3.8, 4) is 0 Å². The molecular weight excluding hydrogens is 314 g/mol. The summed E-state index contributed by atoms with van der Waals surface area (Å²) < 4.78 is 27.0. The molecule has 1 saturated heterocycles. The molecule has 1 fully saturated rings. The number of amides is 1. The predicted molar refractivity (Wildman–Crippen MR) is 85.4 cm³/mol. The van der Waals surface area contributed by atoms with Crippen LogP contribution >= 0.6 is 24.0 Å². The summed E-state index contributed by atoms with van der Waals surface area (Å²) in [6.45, 7) is 3.56. The highest BCUT2D eigenvalue weighted by Gasteiger charge is 2.22. The molecular formula is C14H16F2N2OS2. The molecule has 1 aromatic rings. The van der Waals surface area contributed by atoms with Gasteiger partial charge in [0.05, 0.1) is 10.9 Å². The van der Waals surface area contributed by atoms with Crippen molar-refractivity contribution in [3.05, 3.63) is 29.8 Å². The van der Waals surface area contributed by atoms with Crippen molar-refractivity contribution in [1.29, 1.82) is 0 Å². The summed E-state index contributed by atoms with van der Waals surface area (Å²) >= 11 is 6.58. The van der Waals surface area contributed by atoms with Crippen molar-refractivity contribution in [2.45, 2.75) is 25.0 Å². The van der Waals surface area contributed by atoms with Crippen LogP contribution in [0.5, 0.6) is 0 Å². The van der Waals surface area contributed by atoms with E-state index in [0.717, 1.165) is 38.1 Å². The fraction of sp³-hybridized carbons (Fsp3) is 0.429. The van der Waals surface area contributed by atoms with Crippen LogP contribution in [0, 0.1) is 11.6 Å². The monoisotopic (exact) mass is 330 g/mol. The van der Waals surface area contributed by atoms with E-state index < -0.39 is 16.9 Å². The van der Waals surface area contributed by atoms with Gasteiger partial charge in [0.25, 0.3) is 0 Å². The van der Waals surface area contributed by atoms with Gasteiger partial charge in [0, 0.05) is 19.2 Å². The van der Waals surface area contributed by atoms with E-state index in [9.17, 15) is 13.6 Å². The molecule has 0 aromatic heterocycles. The number of hydrogen-bond donors (Lipinski definition) is 1. The summed E-state index contributed by atoms with van der Waals surface area (Å²) in [7, 11) is 0. The third-order valence-corrected chi connectivity index (χ3v) is 4.77. The molecule has 3 nitrogen and oxygen atoms in total. The van der Waals surface area contributed by atoms with E-state index in [0.29, 0.717) is 4.32 Å². The molecule has 1 N–H and O–H groups in total. The number of anilines is 1. The number of hydrogen-bond acceptors (Lipinski definition) is 3. The average molecular weight is 330 g/mol. The second-order valence-corrected chi connectivity index (χ2v) is 6.81. The van der Waals surface area contributed by atoms with Gasteiger partial charge in [0.15, 0.2) is 0 Å².